The largest absolute Gasteiger partial charge is 0.343 e. The molecule has 2 aromatic rings. The molecular weight excluding hydrogens is 368 g/mol. The van der Waals surface area contributed by atoms with Crippen LogP contribution in [0.3, 0.4) is 0 Å². The number of nitrogens with one attached hydrogen (secondary N) is 2. The highest BCUT2D eigenvalue weighted by molar-refractivity contribution is 6.43. The molecule has 29 heavy (non-hydrogen) atoms. The highest BCUT2D eigenvalue weighted by Crippen LogP contribution is 2.23. The van der Waals surface area contributed by atoms with E-state index in [0.29, 0.717) is 22.5 Å². The number of terminal acetylenes is 1. The molecule has 0 bridgehead atoms. The van der Waals surface area contributed by atoms with Crippen molar-refractivity contribution in [2.45, 2.75) is 33.7 Å². The first-order valence-electron chi connectivity index (χ1n) is 8.91. The molecule has 2 N–H and O–H groups in total. The van der Waals surface area contributed by atoms with Crippen molar-refractivity contribution < 1.29 is 14.4 Å². The summed E-state index contributed by atoms with van der Waals surface area (Å²) in [7, 11) is 1.64. The number of aromatic nitrogens is 1. The molecule has 0 aliphatic heterocycles. The smallest absolute Gasteiger partial charge is 0.293 e. The third kappa shape index (κ3) is 4.20. The lowest BCUT2D eigenvalue weighted by Gasteiger charge is -2.09. The Morgan fingerprint density at radius 1 is 1.21 bits per heavy atom. The Bertz CT molecular complexity index is 1100. The maximum Gasteiger partial charge on any atom is 0.293 e. The molecule has 1 aromatic carbocycles. The Labute approximate surface area is 169 Å². The van der Waals surface area contributed by atoms with Crippen molar-refractivity contribution >= 4 is 23.3 Å². The molecule has 1 atom stereocenters. The highest BCUT2D eigenvalue weighted by atomic mass is 16.2. The maximum atomic E-state index is 12.9. The fourth-order valence-electron chi connectivity index (χ4n) is 3.06. The molecule has 0 saturated heterocycles. The molecule has 0 radical (unpaired) electrons. The minimum atomic E-state index is -0.823. The first-order chi connectivity index (χ1) is 13.6. The van der Waals surface area contributed by atoms with Crippen molar-refractivity contribution in [2.75, 3.05) is 5.32 Å². The molecular formula is C22H22N4O3. The summed E-state index contributed by atoms with van der Waals surface area (Å²) in [6.07, 6.45) is 5.24. The monoisotopic (exact) mass is 390 g/mol. The average molecular weight is 390 g/mol. The minimum absolute atomic E-state index is 0.168. The number of rotatable bonds is 5. The normalized spacial score (nSPS) is 11.1. The van der Waals surface area contributed by atoms with Crippen molar-refractivity contribution in [1.29, 1.82) is 5.26 Å². The zero-order valence-corrected chi connectivity index (χ0v) is 17.0. The molecule has 7 nitrogen and oxygen atoms in total. The summed E-state index contributed by atoms with van der Waals surface area (Å²) in [5.74, 6) is 0.310. The Morgan fingerprint density at radius 2 is 1.86 bits per heavy atom. The standard InChI is InChI=1S/C22H22N4O3/c1-7-13(3)24-22(29)20(27)18-14(4)19(26(6)15(18)5)21(28)25-17-9-8-12(2)16(10-17)11-23/h1,8-10,13H,2-6H3,(H,24,29)(H,25,28)/t13-/m1/s1. The van der Waals surface area contributed by atoms with Crippen LogP contribution in [0.1, 0.15) is 50.2 Å². The SMILES string of the molecule is C#C[C@@H](C)NC(=O)C(=O)c1c(C)c(C(=O)Nc2ccc(C)c(C#N)c2)n(C)c1C. The fourth-order valence-corrected chi connectivity index (χ4v) is 3.06. The van der Waals surface area contributed by atoms with Crippen LogP contribution in [0, 0.1) is 44.4 Å². The molecule has 0 aliphatic carbocycles. The van der Waals surface area contributed by atoms with Crippen LogP contribution < -0.4 is 10.6 Å². The zero-order chi connectivity index (χ0) is 21.9. The van der Waals surface area contributed by atoms with Gasteiger partial charge in [0.05, 0.1) is 23.2 Å². The van der Waals surface area contributed by atoms with Gasteiger partial charge in [-0.25, -0.2) is 0 Å². The van der Waals surface area contributed by atoms with Crippen LogP contribution in [0.4, 0.5) is 5.69 Å². The van der Waals surface area contributed by atoms with E-state index in [9.17, 15) is 14.4 Å². The summed E-state index contributed by atoms with van der Waals surface area (Å²) >= 11 is 0. The van der Waals surface area contributed by atoms with Crippen molar-refractivity contribution in [3.05, 3.63) is 51.8 Å². The Kier molecular flexibility index (Phi) is 6.25. The summed E-state index contributed by atoms with van der Waals surface area (Å²) in [4.78, 5) is 37.7. The van der Waals surface area contributed by atoms with Crippen LogP contribution >= 0.6 is 0 Å². The molecule has 0 fully saturated rings. The molecule has 2 amide bonds. The van der Waals surface area contributed by atoms with Gasteiger partial charge in [0.25, 0.3) is 17.6 Å². The van der Waals surface area contributed by atoms with E-state index in [4.69, 9.17) is 11.7 Å². The number of amides is 2. The number of Topliss-reactive ketones (excluding diaryl/α,β-unsaturated/α-hetero) is 1. The van der Waals surface area contributed by atoms with Gasteiger partial charge in [-0.05, 0) is 51.0 Å². The predicted molar refractivity (Wildman–Crippen MR) is 110 cm³/mol. The second kappa shape index (κ2) is 8.45. The van der Waals surface area contributed by atoms with Crippen molar-refractivity contribution in [3.8, 4) is 18.4 Å². The number of aryl methyl sites for hydroxylation is 1. The van der Waals surface area contributed by atoms with Gasteiger partial charge in [-0.2, -0.15) is 5.26 Å². The van der Waals surface area contributed by atoms with Gasteiger partial charge in [0, 0.05) is 18.4 Å². The van der Waals surface area contributed by atoms with E-state index in [1.165, 1.54) is 0 Å². The van der Waals surface area contributed by atoms with Crippen molar-refractivity contribution in [2.24, 2.45) is 7.05 Å². The topological polar surface area (TPSA) is 104 Å². The number of anilines is 1. The highest BCUT2D eigenvalue weighted by Gasteiger charge is 2.28. The summed E-state index contributed by atoms with van der Waals surface area (Å²) in [6, 6.07) is 6.50. The Morgan fingerprint density at radius 3 is 2.45 bits per heavy atom. The van der Waals surface area contributed by atoms with Gasteiger partial charge in [0.1, 0.15) is 5.69 Å². The van der Waals surface area contributed by atoms with Crippen LogP contribution in [0.2, 0.25) is 0 Å². The van der Waals surface area contributed by atoms with Crippen LogP contribution in [0.15, 0.2) is 18.2 Å². The lowest BCUT2D eigenvalue weighted by Crippen LogP contribution is -2.37. The predicted octanol–water partition coefficient (Wildman–Crippen LogP) is 2.39. The summed E-state index contributed by atoms with van der Waals surface area (Å²) in [5, 5.41) is 14.3. The minimum Gasteiger partial charge on any atom is -0.343 e. The number of carbonyl (C=O) groups excluding carboxylic acids is 3. The van der Waals surface area contributed by atoms with E-state index < -0.39 is 23.6 Å². The molecule has 0 saturated carbocycles. The molecule has 148 valence electrons. The lowest BCUT2D eigenvalue weighted by molar-refractivity contribution is -0.117. The molecule has 2 rings (SSSR count). The van der Waals surface area contributed by atoms with Crippen LogP contribution in [-0.2, 0) is 11.8 Å². The number of nitrogens with zero attached hydrogens (tertiary/aromatic N) is 2. The molecule has 1 heterocycles. The molecule has 1 aromatic heterocycles. The number of hydrogen-bond acceptors (Lipinski definition) is 4. The van der Waals surface area contributed by atoms with Crippen LogP contribution in [-0.4, -0.2) is 28.2 Å². The van der Waals surface area contributed by atoms with E-state index in [2.05, 4.69) is 22.6 Å². The molecule has 0 unspecified atom stereocenters. The molecule has 0 spiro atoms. The maximum absolute atomic E-state index is 12.9. The van der Waals surface area contributed by atoms with Crippen molar-refractivity contribution in [1.82, 2.24) is 9.88 Å². The zero-order valence-electron chi connectivity index (χ0n) is 17.0. The van der Waals surface area contributed by atoms with Crippen LogP contribution in [0.5, 0.6) is 0 Å². The Balaban J connectivity index is 2.38. The van der Waals surface area contributed by atoms with E-state index in [0.717, 1.165) is 5.56 Å². The van der Waals surface area contributed by atoms with Crippen molar-refractivity contribution in [3.63, 3.8) is 0 Å². The average Bonchev–Trinajstić information content (AvgIpc) is 2.91. The van der Waals surface area contributed by atoms with Gasteiger partial charge in [-0.3, -0.25) is 14.4 Å². The molecule has 0 aliphatic rings. The molecule has 7 heteroatoms. The van der Waals surface area contributed by atoms with E-state index in [-0.39, 0.29) is 11.3 Å². The van der Waals surface area contributed by atoms with E-state index in [1.807, 2.05) is 0 Å². The van der Waals surface area contributed by atoms with Gasteiger partial charge in [0.15, 0.2) is 0 Å². The summed E-state index contributed by atoms with van der Waals surface area (Å²) in [6.45, 7) is 6.67. The van der Waals surface area contributed by atoms with Gasteiger partial charge in [-0.1, -0.05) is 12.0 Å². The van der Waals surface area contributed by atoms with E-state index in [1.54, 1.807) is 57.5 Å². The second-order valence-electron chi connectivity index (χ2n) is 6.78. The van der Waals surface area contributed by atoms with Gasteiger partial charge in [-0.15, -0.1) is 6.42 Å². The first kappa shape index (κ1) is 21.5. The number of hydrogen-bond donors (Lipinski definition) is 2. The number of benzene rings is 1. The second-order valence-corrected chi connectivity index (χ2v) is 6.78. The number of ketones is 1. The first-order valence-corrected chi connectivity index (χ1v) is 8.91. The third-order valence-corrected chi connectivity index (χ3v) is 4.79. The summed E-state index contributed by atoms with van der Waals surface area (Å²) < 4.78 is 1.56. The number of carbonyl (C=O) groups is 3. The number of nitriles is 1. The third-order valence-electron chi connectivity index (χ3n) is 4.79. The summed E-state index contributed by atoms with van der Waals surface area (Å²) in [5.41, 5.74) is 3.02. The lowest BCUT2D eigenvalue weighted by atomic mass is 10.0. The Hall–Kier alpha value is -3.84. The fraction of sp³-hybridized carbons (Fsp3) is 0.273. The van der Waals surface area contributed by atoms with Gasteiger partial charge in [0.2, 0.25) is 0 Å². The van der Waals surface area contributed by atoms with Gasteiger partial charge >= 0.3 is 0 Å². The van der Waals surface area contributed by atoms with Crippen LogP contribution in [0.25, 0.3) is 0 Å². The quantitative estimate of drug-likeness (QED) is 0.465. The van der Waals surface area contributed by atoms with E-state index >= 15 is 0 Å². The van der Waals surface area contributed by atoms with Gasteiger partial charge < -0.3 is 15.2 Å².